The highest BCUT2D eigenvalue weighted by Gasteiger charge is 2.24. The molecule has 0 unspecified atom stereocenters. The lowest BCUT2D eigenvalue weighted by atomic mass is 10.1. The molecule has 26 heavy (non-hydrogen) atoms. The standard InChI is InChI=1S/C19H25BrN4OS/c1-14-12-22-24(13-14)17-6-9-23(10-7-17)19(25)21-8-5-15-11-16(20)3-4-18(15)26-2/h3-4,11-13,17H,5-10H2,1-2H3,(H,21,25). The van der Waals surface area contributed by atoms with Crippen LogP contribution >= 0.6 is 27.7 Å². The van der Waals surface area contributed by atoms with Crippen LogP contribution in [0.4, 0.5) is 4.79 Å². The zero-order chi connectivity index (χ0) is 18.5. The second kappa shape index (κ2) is 8.95. The van der Waals surface area contributed by atoms with Gasteiger partial charge in [-0.1, -0.05) is 15.9 Å². The van der Waals surface area contributed by atoms with E-state index in [1.807, 2.05) is 15.8 Å². The van der Waals surface area contributed by atoms with Crippen molar-refractivity contribution in [3.63, 3.8) is 0 Å². The van der Waals surface area contributed by atoms with Gasteiger partial charge in [0, 0.05) is 35.2 Å². The number of piperidine rings is 1. The van der Waals surface area contributed by atoms with E-state index in [1.54, 1.807) is 11.8 Å². The quantitative estimate of drug-likeness (QED) is 0.711. The Hall–Kier alpha value is -1.47. The van der Waals surface area contributed by atoms with E-state index in [0.29, 0.717) is 12.6 Å². The third-order valence-electron chi connectivity index (χ3n) is 4.77. The molecule has 3 rings (SSSR count). The molecule has 1 aromatic heterocycles. The Morgan fingerprint density at radius 2 is 2.15 bits per heavy atom. The van der Waals surface area contributed by atoms with Gasteiger partial charge in [-0.05, 0) is 61.8 Å². The number of urea groups is 1. The molecule has 0 aliphatic carbocycles. The van der Waals surface area contributed by atoms with Crippen LogP contribution in [0, 0.1) is 6.92 Å². The molecular weight excluding hydrogens is 412 g/mol. The predicted octanol–water partition coefficient (Wildman–Crippen LogP) is 4.27. The maximum absolute atomic E-state index is 12.4. The molecule has 0 atom stereocenters. The predicted molar refractivity (Wildman–Crippen MR) is 110 cm³/mol. The Bertz CT molecular complexity index is 756. The van der Waals surface area contributed by atoms with E-state index in [9.17, 15) is 4.79 Å². The smallest absolute Gasteiger partial charge is 0.317 e. The Labute approximate surface area is 167 Å². The lowest BCUT2D eigenvalue weighted by Crippen LogP contribution is -2.45. The van der Waals surface area contributed by atoms with Crippen LogP contribution in [0.25, 0.3) is 0 Å². The number of aryl methyl sites for hydroxylation is 1. The van der Waals surface area contributed by atoms with Crippen molar-refractivity contribution in [1.29, 1.82) is 0 Å². The number of aromatic nitrogens is 2. The zero-order valence-corrected chi connectivity index (χ0v) is 17.6. The lowest BCUT2D eigenvalue weighted by Gasteiger charge is -2.32. The van der Waals surface area contributed by atoms with Gasteiger partial charge >= 0.3 is 6.03 Å². The summed E-state index contributed by atoms with van der Waals surface area (Å²) < 4.78 is 3.12. The highest BCUT2D eigenvalue weighted by molar-refractivity contribution is 9.10. The molecule has 0 spiro atoms. The first-order chi connectivity index (χ1) is 12.6. The fraction of sp³-hybridized carbons (Fsp3) is 0.474. The molecule has 1 aromatic carbocycles. The van der Waals surface area contributed by atoms with Crippen LogP contribution < -0.4 is 5.32 Å². The van der Waals surface area contributed by atoms with E-state index in [-0.39, 0.29) is 6.03 Å². The first-order valence-electron chi connectivity index (χ1n) is 8.93. The monoisotopic (exact) mass is 436 g/mol. The minimum atomic E-state index is 0.0424. The summed E-state index contributed by atoms with van der Waals surface area (Å²) in [6, 6.07) is 6.75. The fourth-order valence-electron chi connectivity index (χ4n) is 3.32. The molecule has 0 bridgehead atoms. The first-order valence-corrected chi connectivity index (χ1v) is 10.9. The maximum Gasteiger partial charge on any atom is 0.317 e. The SMILES string of the molecule is CSc1ccc(Br)cc1CCNC(=O)N1CCC(n2cc(C)cn2)CC1. The molecule has 0 radical (unpaired) electrons. The van der Waals surface area contributed by atoms with E-state index in [1.165, 1.54) is 16.0 Å². The zero-order valence-electron chi connectivity index (χ0n) is 15.2. The molecule has 2 aromatic rings. The first kappa shape index (κ1) is 19.3. The number of carbonyl (C=O) groups is 1. The van der Waals surface area contributed by atoms with Crippen LogP contribution in [0.5, 0.6) is 0 Å². The maximum atomic E-state index is 12.4. The highest BCUT2D eigenvalue weighted by Crippen LogP contribution is 2.25. The molecule has 0 saturated carbocycles. The number of hydrogen-bond donors (Lipinski definition) is 1. The number of halogens is 1. The van der Waals surface area contributed by atoms with E-state index in [4.69, 9.17) is 0 Å². The number of nitrogens with zero attached hydrogens (tertiary/aromatic N) is 3. The summed E-state index contributed by atoms with van der Waals surface area (Å²) in [7, 11) is 0. The molecule has 1 N–H and O–H groups in total. The van der Waals surface area contributed by atoms with Crippen molar-refractivity contribution in [2.75, 3.05) is 25.9 Å². The summed E-state index contributed by atoms with van der Waals surface area (Å²) in [4.78, 5) is 15.6. The van der Waals surface area contributed by atoms with Crippen LogP contribution in [-0.2, 0) is 6.42 Å². The lowest BCUT2D eigenvalue weighted by molar-refractivity contribution is 0.169. The Morgan fingerprint density at radius 1 is 1.38 bits per heavy atom. The summed E-state index contributed by atoms with van der Waals surface area (Å²) >= 11 is 5.26. The van der Waals surface area contributed by atoms with Gasteiger partial charge in [0.05, 0.1) is 12.2 Å². The summed E-state index contributed by atoms with van der Waals surface area (Å²) in [6.45, 7) is 4.27. The number of nitrogens with one attached hydrogen (secondary N) is 1. The summed E-state index contributed by atoms with van der Waals surface area (Å²) in [5.74, 6) is 0. The number of likely N-dealkylation sites (tertiary alicyclic amines) is 1. The number of rotatable bonds is 5. The highest BCUT2D eigenvalue weighted by atomic mass is 79.9. The Morgan fingerprint density at radius 3 is 2.81 bits per heavy atom. The van der Waals surface area contributed by atoms with Gasteiger partial charge in [-0.3, -0.25) is 4.68 Å². The van der Waals surface area contributed by atoms with Gasteiger partial charge in [0.1, 0.15) is 0 Å². The number of amides is 2. The van der Waals surface area contributed by atoms with Gasteiger partial charge in [0.25, 0.3) is 0 Å². The van der Waals surface area contributed by atoms with Crippen molar-refractivity contribution < 1.29 is 4.79 Å². The van der Waals surface area contributed by atoms with Gasteiger partial charge in [-0.15, -0.1) is 11.8 Å². The van der Waals surface area contributed by atoms with Crippen molar-refractivity contribution in [2.45, 2.75) is 37.1 Å². The molecule has 1 saturated heterocycles. The fourth-order valence-corrected chi connectivity index (χ4v) is 4.36. The minimum Gasteiger partial charge on any atom is -0.338 e. The number of carbonyl (C=O) groups excluding carboxylic acids is 1. The summed E-state index contributed by atoms with van der Waals surface area (Å²) in [5.41, 5.74) is 2.45. The molecule has 1 aliphatic rings. The van der Waals surface area contributed by atoms with E-state index in [2.05, 4.69) is 63.9 Å². The molecule has 140 valence electrons. The molecule has 2 amide bonds. The number of thioether (sulfide) groups is 1. The molecule has 5 nitrogen and oxygen atoms in total. The van der Waals surface area contributed by atoms with Gasteiger partial charge in [0.2, 0.25) is 0 Å². The van der Waals surface area contributed by atoms with Gasteiger partial charge in [-0.25, -0.2) is 4.79 Å². The topological polar surface area (TPSA) is 50.2 Å². The van der Waals surface area contributed by atoms with Crippen LogP contribution in [0.1, 0.15) is 30.0 Å². The average molecular weight is 437 g/mol. The Kier molecular flexibility index (Phi) is 6.64. The van der Waals surface area contributed by atoms with Crippen LogP contribution in [0.2, 0.25) is 0 Å². The van der Waals surface area contributed by atoms with Gasteiger partial charge in [-0.2, -0.15) is 5.10 Å². The van der Waals surface area contributed by atoms with Crippen molar-refractivity contribution in [3.05, 3.63) is 46.2 Å². The van der Waals surface area contributed by atoms with Crippen molar-refractivity contribution in [2.24, 2.45) is 0 Å². The van der Waals surface area contributed by atoms with Crippen LogP contribution in [0.15, 0.2) is 40.0 Å². The second-order valence-electron chi connectivity index (χ2n) is 6.65. The van der Waals surface area contributed by atoms with Gasteiger partial charge < -0.3 is 10.2 Å². The number of benzene rings is 1. The molecule has 1 fully saturated rings. The molecule has 2 heterocycles. The van der Waals surface area contributed by atoms with E-state index in [0.717, 1.165) is 36.8 Å². The van der Waals surface area contributed by atoms with Crippen molar-refractivity contribution >= 4 is 33.7 Å². The number of hydrogen-bond acceptors (Lipinski definition) is 3. The largest absolute Gasteiger partial charge is 0.338 e. The van der Waals surface area contributed by atoms with Crippen LogP contribution in [-0.4, -0.2) is 46.6 Å². The molecule has 1 aliphatic heterocycles. The average Bonchev–Trinajstić information content (AvgIpc) is 3.08. The van der Waals surface area contributed by atoms with Crippen LogP contribution in [0.3, 0.4) is 0 Å². The third-order valence-corrected chi connectivity index (χ3v) is 6.10. The van der Waals surface area contributed by atoms with Crippen molar-refractivity contribution in [1.82, 2.24) is 20.0 Å². The summed E-state index contributed by atoms with van der Waals surface area (Å²) in [5, 5.41) is 7.48. The van der Waals surface area contributed by atoms with E-state index < -0.39 is 0 Å². The van der Waals surface area contributed by atoms with E-state index >= 15 is 0 Å². The molecular formula is C19H25BrN4OS. The van der Waals surface area contributed by atoms with Crippen molar-refractivity contribution in [3.8, 4) is 0 Å². The second-order valence-corrected chi connectivity index (χ2v) is 8.42. The summed E-state index contributed by atoms with van der Waals surface area (Å²) in [6.07, 6.45) is 8.81. The normalized spacial score (nSPS) is 15.3. The third kappa shape index (κ3) is 4.82. The molecule has 7 heteroatoms. The minimum absolute atomic E-state index is 0.0424. The Balaban J connectivity index is 1.45. The van der Waals surface area contributed by atoms with Gasteiger partial charge in [0.15, 0.2) is 0 Å².